The van der Waals surface area contributed by atoms with Gasteiger partial charge in [0.2, 0.25) is 11.8 Å². The number of ether oxygens (including phenoxy) is 2. The van der Waals surface area contributed by atoms with Crippen LogP contribution in [0.3, 0.4) is 0 Å². The highest BCUT2D eigenvalue weighted by molar-refractivity contribution is 6.14. The molecule has 3 amide bonds. The lowest BCUT2D eigenvalue weighted by Gasteiger charge is -2.36. The van der Waals surface area contributed by atoms with Crippen molar-refractivity contribution in [2.75, 3.05) is 29.3 Å². The molecule has 1 atom stereocenters. The fourth-order valence-corrected chi connectivity index (χ4v) is 3.58. The molecule has 0 aliphatic carbocycles. The first-order valence-electron chi connectivity index (χ1n) is 10.4. The summed E-state index contributed by atoms with van der Waals surface area (Å²) in [5.41, 5.74) is 1.62. The van der Waals surface area contributed by atoms with Crippen LogP contribution in [0.1, 0.15) is 6.42 Å². The van der Waals surface area contributed by atoms with Crippen LogP contribution >= 0.6 is 0 Å². The second-order valence-corrected chi connectivity index (χ2v) is 7.37. The molecule has 0 unspecified atom stereocenters. The Bertz CT molecular complexity index is 1150. The molecule has 0 aromatic heterocycles. The topological polar surface area (TPSA) is 97.0 Å². The third-order valence-corrected chi connectivity index (χ3v) is 5.16. The highest BCUT2D eigenvalue weighted by atomic mass is 16.5. The molecule has 2 N–H and O–H groups in total. The van der Waals surface area contributed by atoms with Crippen LogP contribution in [-0.4, -0.2) is 37.5 Å². The first kappa shape index (κ1) is 21.9. The monoisotopic (exact) mass is 445 g/mol. The van der Waals surface area contributed by atoms with Crippen LogP contribution in [0.2, 0.25) is 0 Å². The van der Waals surface area contributed by atoms with Gasteiger partial charge in [0.05, 0.1) is 24.9 Å². The SMILES string of the molecule is COc1ccc(OCC(=O)N2c3ccccc3NC(=O)[C@H]2CC(=O)Nc2ccccc2)cc1. The molecule has 33 heavy (non-hydrogen) atoms. The Labute approximate surface area is 191 Å². The van der Waals surface area contributed by atoms with Crippen molar-refractivity contribution < 1.29 is 23.9 Å². The number of nitrogens with one attached hydrogen (secondary N) is 2. The van der Waals surface area contributed by atoms with Gasteiger partial charge in [0.1, 0.15) is 17.5 Å². The smallest absolute Gasteiger partial charge is 0.265 e. The molecule has 3 aromatic rings. The molecule has 3 aromatic carbocycles. The molecular weight excluding hydrogens is 422 g/mol. The van der Waals surface area contributed by atoms with Gasteiger partial charge in [-0.25, -0.2) is 0 Å². The van der Waals surface area contributed by atoms with Gasteiger partial charge in [-0.15, -0.1) is 0 Å². The Morgan fingerprint density at radius 3 is 2.33 bits per heavy atom. The fourth-order valence-electron chi connectivity index (χ4n) is 3.58. The normalized spacial score (nSPS) is 14.6. The Kier molecular flexibility index (Phi) is 6.54. The minimum absolute atomic E-state index is 0.205. The van der Waals surface area contributed by atoms with E-state index in [1.54, 1.807) is 79.9 Å². The van der Waals surface area contributed by atoms with Crippen molar-refractivity contribution in [1.29, 1.82) is 0 Å². The van der Waals surface area contributed by atoms with Crippen LogP contribution in [0.15, 0.2) is 78.9 Å². The lowest BCUT2D eigenvalue weighted by atomic mass is 10.0. The summed E-state index contributed by atoms with van der Waals surface area (Å²) in [6, 6.07) is 21.7. The zero-order valence-electron chi connectivity index (χ0n) is 18.0. The molecular formula is C25H23N3O5. The summed E-state index contributed by atoms with van der Waals surface area (Å²) in [5, 5.41) is 5.54. The van der Waals surface area contributed by atoms with E-state index >= 15 is 0 Å². The van der Waals surface area contributed by atoms with Crippen molar-refractivity contribution in [2.24, 2.45) is 0 Å². The van der Waals surface area contributed by atoms with Crippen molar-refractivity contribution in [1.82, 2.24) is 0 Å². The van der Waals surface area contributed by atoms with Crippen LogP contribution in [0.4, 0.5) is 17.1 Å². The molecule has 168 valence electrons. The number of rotatable bonds is 7. The van der Waals surface area contributed by atoms with Crippen LogP contribution in [0.25, 0.3) is 0 Å². The van der Waals surface area contributed by atoms with Crippen molar-refractivity contribution in [2.45, 2.75) is 12.5 Å². The number of fused-ring (bicyclic) bond motifs is 1. The molecule has 4 rings (SSSR count). The summed E-state index contributed by atoms with van der Waals surface area (Å²) in [4.78, 5) is 40.1. The third kappa shape index (κ3) is 5.12. The van der Waals surface area contributed by atoms with E-state index in [9.17, 15) is 14.4 Å². The number of para-hydroxylation sites is 3. The summed E-state index contributed by atoms with van der Waals surface area (Å²) in [6.07, 6.45) is -0.205. The van der Waals surface area contributed by atoms with E-state index in [1.165, 1.54) is 4.90 Å². The maximum Gasteiger partial charge on any atom is 0.265 e. The summed E-state index contributed by atoms with van der Waals surface area (Å²) in [7, 11) is 1.56. The summed E-state index contributed by atoms with van der Waals surface area (Å²) < 4.78 is 10.8. The highest BCUT2D eigenvalue weighted by Crippen LogP contribution is 2.33. The summed E-state index contributed by atoms with van der Waals surface area (Å²) in [6.45, 7) is -0.301. The van der Waals surface area contributed by atoms with Crippen molar-refractivity contribution in [3.63, 3.8) is 0 Å². The van der Waals surface area contributed by atoms with Crippen LogP contribution in [-0.2, 0) is 14.4 Å². The largest absolute Gasteiger partial charge is 0.497 e. The molecule has 1 heterocycles. The predicted molar refractivity (Wildman–Crippen MR) is 125 cm³/mol. The minimum Gasteiger partial charge on any atom is -0.497 e. The number of carbonyl (C=O) groups is 3. The molecule has 0 radical (unpaired) electrons. The molecule has 1 aliphatic heterocycles. The molecule has 8 heteroatoms. The van der Waals surface area contributed by atoms with E-state index in [-0.39, 0.29) is 18.9 Å². The summed E-state index contributed by atoms with van der Waals surface area (Å²) >= 11 is 0. The first-order valence-corrected chi connectivity index (χ1v) is 10.4. The van der Waals surface area contributed by atoms with Gasteiger partial charge in [-0.05, 0) is 48.5 Å². The molecule has 0 saturated carbocycles. The van der Waals surface area contributed by atoms with Gasteiger partial charge in [0.15, 0.2) is 6.61 Å². The van der Waals surface area contributed by atoms with Gasteiger partial charge in [0.25, 0.3) is 5.91 Å². The fraction of sp³-hybridized carbons (Fsp3) is 0.160. The van der Waals surface area contributed by atoms with Gasteiger partial charge in [-0.3, -0.25) is 19.3 Å². The Morgan fingerprint density at radius 1 is 0.939 bits per heavy atom. The van der Waals surface area contributed by atoms with Gasteiger partial charge >= 0.3 is 0 Å². The predicted octanol–water partition coefficient (Wildman–Crippen LogP) is 3.46. The highest BCUT2D eigenvalue weighted by Gasteiger charge is 2.38. The Hall–Kier alpha value is -4.33. The average Bonchev–Trinajstić information content (AvgIpc) is 2.84. The number of benzene rings is 3. The van der Waals surface area contributed by atoms with Crippen LogP contribution in [0, 0.1) is 0 Å². The van der Waals surface area contributed by atoms with E-state index in [1.807, 2.05) is 6.07 Å². The lowest BCUT2D eigenvalue weighted by Crippen LogP contribution is -2.53. The standard InChI is InChI=1S/C25H23N3O5/c1-32-18-11-13-19(14-12-18)33-16-24(30)28-21-10-6-5-9-20(21)27-25(31)22(28)15-23(29)26-17-7-3-2-4-8-17/h2-14,22H,15-16H2,1H3,(H,26,29)(H,27,31)/t22-/m1/s1. The Balaban J connectivity index is 1.53. The average molecular weight is 445 g/mol. The van der Waals surface area contributed by atoms with E-state index in [2.05, 4.69) is 10.6 Å². The molecule has 1 aliphatic rings. The van der Waals surface area contributed by atoms with E-state index in [4.69, 9.17) is 9.47 Å². The number of carbonyl (C=O) groups excluding carboxylic acids is 3. The zero-order chi connectivity index (χ0) is 23.2. The van der Waals surface area contributed by atoms with Gasteiger partial charge in [-0.1, -0.05) is 30.3 Å². The molecule has 0 fully saturated rings. The van der Waals surface area contributed by atoms with E-state index in [0.717, 1.165) is 0 Å². The Morgan fingerprint density at radius 2 is 1.61 bits per heavy atom. The second-order valence-electron chi connectivity index (χ2n) is 7.37. The van der Waals surface area contributed by atoms with Crippen LogP contribution < -0.4 is 25.0 Å². The lowest BCUT2D eigenvalue weighted by molar-refractivity contribution is -0.127. The molecule has 8 nitrogen and oxygen atoms in total. The quantitative estimate of drug-likeness (QED) is 0.581. The maximum absolute atomic E-state index is 13.2. The van der Waals surface area contributed by atoms with Gasteiger partial charge in [-0.2, -0.15) is 0 Å². The number of hydrogen-bond acceptors (Lipinski definition) is 5. The second kappa shape index (κ2) is 9.86. The maximum atomic E-state index is 13.2. The first-order chi connectivity index (χ1) is 16.0. The van der Waals surface area contributed by atoms with Crippen molar-refractivity contribution in [3.05, 3.63) is 78.9 Å². The molecule has 0 bridgehead atoms. The van der Waals surface area contributed by atoms with E-state index < -0.39 is 17.9 Å². The number of nitrogens with zero attached hydrogens (tertiary/aromatic N) is 1. The van der Waals surface area contributed by atoms with E-state index in [0.29, 0.717) is 28.6 Å². The minimum atomic E-state index is -1.02. The number of amides is 3. The third-order valence-electron chi connectivity index (χ3n) is 5.16. The number of anilines is 3. The van der Waals surface area contributed by atoms with Gasteiger partial charge in [0, 0.05) is 5.69 Å². The zero-order valence-corrected chi connectivity index (χ0v) is 18.0. The molecule has 0 spiro atoms. The van der Waals surface area contributed by atoms with Crippen molar-refractivity contribution in [3.8, 4) is 11.5 Å². The van der Waals surface area contributed by atoms with Crippen molar-refractivity contribution >= 4 is 34.8 Å². The number of hydrogen-bond donors (Lipinski definition) is 2. The van der Waals surface area contributed by atoms with Crippen LogP contribution in [0.5, 0.6) is 11.5 Å². The summed E-state index contributed by atoms with van der Waals surface area (Å²) in [5.74, 6) is -0.105. The number of methoxy groups -OCH3 is 1. The van der Waals surface area contributed by atoms with Gasteiger partial charge < -0.3 is 20.1 Å². The molecule has 0 saturated heterocycles.